The summed E-state index contributed by atoms with van der Waals surface area (Å²) >= 11 is 0. The number of aromatic nitrogens is 2. The first kappa shape index (κ1) is 23.0. The van der Waals surface area contributed by atoms with E-state index in [0.717, 1.165) is 47.7 Å². The molecule has 1 aliphatic rings. The highest BCUT2D eigenvalue weighted by atomic mass is 16.5. The fraction of sp³-hybridized carbons (Fsp3) is 0.333. The third-order valence-corrected chi connectivity index (χ3v) is 6.40. The van der Waals surface area contributed by atoms with Crippen molar-refractivity contribution in [1.82, 2.24) is 15.3 Å². The van der Waals surface area contributed by atoms with Crippen LogP contribution in [0.5, 0.6) is 17.2 Å². The molecule has 0 unspecified atom stereocenters. The second-order valence-electron chi connectivity index (χ2n) is 8.62. The number of fused-ring (bicyclic) bond motifs is 1. The van der Waals surface area contributed by atoms with E-state index >= 15 is 0 Å². The predicted octanol–water partition coefficient (Wildman–Crippen LogP) is 4.99. The number of piperidine rings is 1. The van der Waals surface area contributed by atoms with E-state index in [4.69, 9.17) is 18.6 Å². The van der Waals surface area contributed by atoms with Crippen LogP contribution in [0.25, 0.3) is 33.6 Å². The van der Waals surface area contributed by atoms with Crippen molar-refractivity contribution in [3.8, 4) is 39.7 Å². The molecule has 4 aromatic rings. The molecule has 2 N–H and O–H groups in total. The van der Waals surface area contributed by atoms with Gasteiger partial charge in [0, 0.05) is 36.1 Å². The smallest absolute Gasteiger partial charge is 0.203 e. The zero-order valence-electron chi connectivity index (χ0n) is 20.3. The van der Waals surface area contributed by atoms with E-state index in [9.17, 15) is 0 Å². The summed E-state index contributed by atoms with van der Waals surface area (Å²) < 4.78 is 22.8. The molecular weight excluding hydrogens is 444 g/mol. The fourth-order valence-electron chi connectivity index (χ4n) is 4.57. The van der Waals surface area contributed by atoms with Gasteiger partial charge in [-0.15, -0.1) is 0 Å². The lowest BCUT2D eigenvalue weighted by molar-refractivity contribution is 0.324. The van der Waals surface area contributed by atoms with Crippen LogP contribution in [-0.4, -0.2) is 50.9 Å². The van der Waals surface area contributed by atoms with Gasteiger partial charge in [0.2, 0.25) is 5.75 Å². The highest BCUT2D eigenvalue weighted by Crippen LogP contribution is 2.42. The van der Waals surface area contributed by atoms with Crippen LogP contribution in [0.3, 0.4) is 0 Å². The number of nitrogens with zero attached hydrogens (tertiary/aromatic N) is 2. The molecule has 8 nitrogen and oxygen atoms in total. The number of benzene rings is 1. The van der Waals surface area contributed by atoms with Gasteiger partial charge in [-0.25, -0.2) is 4.98 Å². The molecular formula is C27H30N4O4. The summed E-state index contributed by atoms with van der Waals surface area (Å²) in [6, 6.07) is 11.7. The van der Waals surface area contributed by atoms with Gasteiger partial charge in [-0.2, -0.15) is 0 Å². The first-order chi connectivity index (χ1) is 17.2. The lowest BCUT2D eigenvalue weighted by Gasteiger charge is -2.23. The first-order valence-corrected chi connectivity index (χ1v) is 11.8. The zero-order valence-corrected chi connectivity index (χ0v) is 20.3. The average molecular weight is 475 g/mol. The van der Waals surface area contributed by atoms with Gasteiger partial charge in [0.1, 0.15) is 17.1 Å². The largest absolute Gasteiger partial charge is 0.493 e. The lowest BCUT2D eigenvalue weighted by atomic mass is 10.00. The van der Waals surface area contributed by atoms with E-state index in [0.29, 0.717) is 34.5 Å². The van der Waals surface area contributed by atoms with Crippen LogP contribution in [-0.2, 0) is 0 Å². The van der Waals surface area contributed by atoms with Gasteiger partial charge < -0.3 is 29.3 Å². The second kappa shape index (κ2) is 10.2. The van der Waals surface area contributed by atoms with Gasteiger partial charge in [-0.05, 0) is 67.7 Å². The van der Waals surface area contributed by atoms with Gasteiger partial charge >= 0.3 is 0 Å². The van der Waals surface area contributed by atoms with Crippen molar-refractivity contribution in [2.24, 2.45) is 5.92 Å². The van der Waals surface area contributed by atoms with E-state index in [1.54, 1.807) is 27.5 Å². The summed E-state index contributed by atoms with van der Waals surface area (Å²) in [7, 11) is 4.78. The minimum atomic E-state index is 0.537. The van der Waals surface area contributed by atoms with Crippen molar-refractivity contribution in [2.45, 2.75) is 12.8 Å². The molecule has 3 aromatic heterocycles. The topological polar surface area (TPSA) is 90.7 Å². The summed E-state index contributed by atoms with van der Waals surface area (Å²) in [5.74, 6) is 3.80. The molecule has 1 aromatic carbocycles. The Bertz CT molecular complexity index is 1290. The van der Waals surface area contributed by atoms with Gasteiger partial charge in [-0.3, -0.25) is 4.98 Å². The fourth-order valence-corrected chi connectivity index (χ4v) is 4.57. The molecule has 0 spiro atoms. The Labute approximate surface area is 204 Å². The summed E-state index contributed by atoms with van der Waals surface area (Å²) in [6.07, 6.45) is 6.09. The second-order valence-corrected chi connectivity index (χ2v) is 8.62. The van der Waals surface area contributed by atoms with Gasteiger partial charge in [0.05, 0.1) is 21.3 Å². The maximum absolute atomic E-state index is 6.34. The average Bonchev–Trinajstić information content (AvgIpc) is 3.36. The SMILES string of the molecule is COc1cc(-c2cc3nccc(-c4ccnc(NC[C@@H]5CCCNC5)c4)c3o2)cc(OC)c1OC. The summed E-state index contributed by atoms with van der Waals surface area (Å²) in [5.41, 5.74) is 4.26. The Morgan fingerprint density at radius 3 is 2.49 bits per heavy atom. The highest BCUT2D eigenvalue weighted by Gasteiger charge is 2.18. The molecule has 1 fully saturated rings. The number of rotatable bonds is 8. The number of ether oxygens (including phenoxy) is 3. The molecule has 1 saturated heterocycles. The number of furan rings is 1. The molecule has 182 valence electrons. The van der Waals surface area contributed by atoms with Crippen molar-refractivity contribution in [2.75, 3.05) is 46.3 Å². The van der Waals surface area contributed by atoms with Crippen LogP contribution in [0, 0.1) is 5.92 Å². The number of methoxy groups -OCH3 is 3. The molecule has 1 aliphatic heterocycles. The summed E-state index contributed by atoms with van der Waals surface area (Å²) in [4.78, 5) is 9.05. The number of hydrogen-bond donors (Lipinski definition) is 2. The molecule has 0 radical (unpaired) electrons. The van der Waals surface area contributed by atoms with Gasteiger partial charge in [0.25, 0.3) is 0 Å². The van der Waals surface area contributed by atoms with Crippen LogP contribution in [0.2, 0.25) is 0 Å². The van der Waals surface area contributed by atoms with Crippen molar-refractivity contribution < 1.29 is 18.6 Å². The van der Waals surface area contributed by atoms with Crippen LogP contribution in [0.15, 0.2) is 53.2 Å². The van der Waals surface area contributed by atoms with E-state index in [2.05, 4.69) is 26.7 Å². The lowest BCUT2D eigenvalue weighted by Crippen LogP contribution is -2.33. The zero-order chi connectivity index (χ0) is 24.2. The van der Waals surface area contributed by atoms with Crippen molar-refractivity contribution >= 4 is 16.9 Å². The number of nitrogens with one attached hydrogen (secondary N) is 2. The molecule has 35 heavy (non-hydrogen) atoms. The van der Waals surface area contributed by atoms with E-state index in [1.165, 1.54) is 12.8 Å². The Kier molecular flexibility index (Phi) is 6.72. The first-order valence-electron chi connectivity index (χ1n) is 11.8. The molecule has 1 atom stereocenters. The Hall–Kier alpha value is -3.78. The molecule has 0 saturated carbocycles. The Balaban J connectivity index is 1.47. The van der Waals surface area contributed by atoms with Gasteiger partial charge in [-0.1, -0.05) is 0 Å². The van der Waals surface area contributed by atoms with Crippen molar-refractivity contribution in [3.05, 3.63) is 48.8 Å². The van der Waals surface area contributed by atoms with E-state index < -0.39 is 0 Å². The highest BCUT2D eigenvalue weighted by molar-refractivity contribution is 5.93. The van der Waals surface area contributed by atoms with Crippen LogP contribution in [0.1, 0.15) is 12.8 Å². The predicted molar refractivity (Wildman–Crippen MR) is 136 cm³/mol. The summed E-state index contributed by atoms with van der Waals surface area (Å²) in [6.45, 7) is 3.07. The third-order valence-electron chi connectivity index (χ3n) is 6.40. The maximum atomic E-state index is 6.34. The van der Waals surface area contributed by atoms with E-state index in [-0.39, 0.29) is 0 Å². The molecule has 0 aliphatic carbocycles. The Morgan fingerprint density at radius 2 is 1.77 bits per heavy atom. The standard InChI is InChI=1S/C27H30N4O4/c1-32-23-11-19(12-24(33-2)27(23)34-3)22-14-21-26(35-22)20(7-10-29-21)18-6-9-30-25(13-18)31-16-17-5-4-8-28-15-17/h6-7,9-14,17,28H,4-5,8,15-16H2,1-3H3,(H,30,31)/t17-/m1/s1. The minimum absolute atomic E-state index is 0.537. The minimum Gasteiger partial charge on any atom is -0.493 e. The van der Waals surface area contributed by atoms with Crippen molar-refractivity contribution in [1.29, 1.82) is 0 Å². The summed E-state index contributed by atoms with van der Waals surface area (Å²) in [5, 5.41) is 6.97. The number of hydrogen-bond acceptors (Lipinski definition) is 8. The number of anilines is 1. The maximum Gasteiger partial charge on any atom is 0.203 e. The van der Waals surface area contributed by atoms with Crippen LogP contribution >= 0.6 is 0 Å². The quantitative estimate of drug-likeness (QED) is 0.369. The number of pyridine rings is 2. The molecule has 5 rings (SSSR count). The third kappa shape index (κ3) is 4.74. The monoisotopic (exact) mass is 474 g/mol. The molecule has 0 bridgehead atoms. The van der Waals surface area contributed by atoms with Crippen LogP contribution in [0.4, 0.5) is 5.82 Å². The molecule has 4 heterocycles. The Morgan fingerprint density at radius 1 is 0.971 bits per heavy atom. The molecule has 8 heteroatoms. The van der Waals surface area contributed by atoms with Crippen LogP contribution < -0.4 is 24.8 Å². The van der Waals surface area contributed by atoms with Gasteiger partial charge in [0.15, 0.2) is 17.1 Å². The van der Waals surface area contributed by atoms with E-state index in [1.807, 2.05) is 36.5 Å². The van der Waals surface area contributed by atoms with Crippen molar-refractivity contribution in [3.63, 3.8) is 0 Å². The normalized spacial score (nSPS) is 15.7. The molecule has 0 amide bonds.